The molecule has 0 spiro atoms. The van der Waals surface area contributed by atoms with Gasteiger partial charge in [0.1, 0.15) is 12.1 Å². The first-order valence-corrected chi connectivity index (χ1v) is 6.83. The molecule has 106 valence electrons. The van der Waals surface area contributed by atoms with Crippen LogP contribution in [0.1, 0.15) is 13.8 Å². The van der Waals surface area contributed by atoms with Gasteiger partial charge in [-0.15, -0.1) is 15.3 Å². The Kier molecular flexibility index (Phi) is 3.25. The second kappa shape index (κ2) is 5.07. The van der Waals surface area contributed by atoms with E-state index in [0.717, 1.165) is 25.5 Å². The maximum atomic E-state index is 12.2. The lowest BCUT2D eigenvalue weighted by atomic mass is 10.2. The van der Waals surface area contributed by atoms with Crippen LogP contribution in [0.3, 0.4) is 0 Å². The summed E-state index contributed by atoms with van der Waals surface area (Å²) in [7, 11) is 0. The van der Waals surface area contributed by atoms with E-state index in [2.05, 4.69) is 29.1 Å². The molecule has 0 atom stereocenters. The zero-order chi connectivity index (χ0) is 14.1. The van der Waals surface area contributed by atoms with Gasteiger partial charge in [0.15, 0.2) is 5.65 Å². The first-order valence-electron chi connectivity index (χ1n) is 6.83. The van der Waals surface area contributed by atoms with Crippen molar-refractivity contribution in [2.75, 3.05) is 31.1 Å². The third-order valence-electron chi connectivity index (χ3n) is 3.38. The van der Waals surface area contributed by atoms with E-state index in [1.54, 1.807) is 10.8 Å². The van der Waals surface area contributed by atoms with Crippen molar-refractivity contribution < 1.29 is 4.79 Å². The van der Waals surface area contributed by atoms with Gasteiger partial charge in [0.25, 0.3) is 0 Å². The fraction of sp³-hybridized carbons (Fsp3) is 0.538. The Balaban J connectivity index is 1.74. The predicted octanol–water partition coefficient (Wildman–Crippen LogP) is 0.429. The molecule has 0 N–H and O–H groups in total. The molecule has 7 heteroatoms. The van der Waals surface area contributed by atoms with E-state index in [1.807, 2.05) is 21.9 Å². The Hall–Kier alpha value is -2.18. The van der Waals surface area contributed by atoms with Gasteiger partial charge in [-0.1, -0.05) is 13.8 Å². The molecule has 0 bridgehead atoms. The van der Waals surface area contributed by atoms with Gasteiger partial charge in [0, 0.05) is 19.6 Å². The minimum atomic E-state index is 0.163. The van der Waals surface area contributed by atoms with Crippen molar-refractivity contribution in [3.8, 4) is 0 Å². The van der Waals surface area contributed by atoms with Crippen LogP contribution in [-0.4, -0.2) is 56.8 Å². The third-order valence-corrected chi connectivity index (χ3v) is 3.38. The van der Waals surface area contributed by atoms with Crippen LogP contribution < -0.4 is 4.90 Å². The molecular weight excluding hydrogens is 256 g/mol. The van der Waals surface area contributed by atoms with E-state index >= 15 is 0 Å². The number of carbonyl (C=O) groups excluding carboxylic acids is 1. The van der Waals surface area contributed by atoms with Crippen LogP contribution in [0.5, 0.6) is 0 Å². The molecular formula is C13H18N6O. The summed E-state index contributed by atoms with van der Waals surface area (Å²) in [5.41, 5.74) is 0.707. The second-order valence-corrected chi connectivity index (χ2v) is 5.48. The molecule has 2 aromatic rings. The Labute approximate surface area is 117 Å². The summed E-state index contributed by atoms with van der Waals surface area (Å²) >= 11 is 0. The summed E-state index contributed by atoms with van der Waals surface area (Å²) in [4.78, 5) is 16.1. The van der Waals surface area contributed by atoms with Gasteiger partial charge in [-0.2, -0.15) is 4.52 Å². The van der Waals surface area contributed by atoms with Crippen molar-refractivity contribution >= 4 is 17.4 Å². The van der Waals surface area contributed by atoms with E-state index in [1.165, 1.54) is 0 Å². The summed E-state index contributed by atoms with van der Waals surface area (Å²) in [5.74, 6) is 1.45. The van der Waals surface area contributed by atoms with Gasteiger partial charge in [-0.3, -0.25) is 4.79 Å². The van der Waals surface area contributed by atoms with Crippen molar-refractivity contribution in [1.82, 2.24) is 24.7 Å². The van der Waals surface area contributed by atoms with E-state index < -0.39 is 0 Å². The summed E-state index contributed by atoms with van der Waals surface area (Å²) in [6, 6.07) is 3.75. The lowest BCUT2D eigenvalue weighted by Gasteiger charge is -2.35. The molecule has 0 saturated carbocycles. The fourth-order valence-corrected chi connectivity index (χ4v) is 2.42. The number of aromatic nitrogens is 4. The lowest BCUT2D eigenvalue weighted by molar-refractivity contribution is -0.131. The summed E-state index contributed by atoms with van der Waals surface area (Å²) in [6.45, 7) is 7.01. The van der Waals surface area contributed by atoms with Crippen molar-refractivity contribution in [2.45, 2.75) is 13.8 Å². The normalized spacial score (nSPS) is 16.4. The number of amides is 1. The molecule has 1 aliphatic heterocycles. The highest BCUT2D eigenvalue weighted by molar-refractivity contribution is 5.82. The zero-order valence-corrected chi connectivity index (χ0v) is 11.7. The highest BCUT2D eigenvalue weighted by Crippen LogP contribution is 2.15. The average molecular weight is 274 g/mol. The number of nitrogens with zero attached hydrogens (tertiary/aromatic N) is 6. The number of hydrogen-bond donors (Lipinski definition) is 0. The quantitative estimate of drug-likeness (QED) is 0.812. The summed E-state index contributed by atoms with van der Waals surface area (Å²) < 4.78 is 1.63. The number of hydrogen-bond acceptors (Lipinski definition) is 5. The molecule has 3 heterocycles. The predicted molar refractivity (Wildman–Crippen MR) is 74.4 cm³/mol. The molecule has 0 aliphatic carbocycles. The Morgan fingerprint density at radius 2 is 2.15 bits per heavy atom. The van der Waals surface area contributed by atoms with Gasteiger partial charge < -0.3 is 9.80 Å². The summed E-state index contributed by atoms with van der Waals surface area (Å²) in [5, 5.41) is 12.2. The molecule has 1 aliphatic rings. The molecule has 0 aromatic carbocycles. The molecule has 2 aromatic heterocycles. The first-order chi connectivity index (χ1) is 9.63. The standard InChI is InChI=1S/C13H18N6O/c1-10(2)7-18-6-5-17(8-13(18)20)12-4-3-11-15-14-9-19(11)16-12/h3-4,9-10H,5-8H2,1-2H3. The molecule has 3 rings (SSSR count). The molecule has 1 amide bonds. The number of piperazine rings is 1. The van der Waals surface area contributed by atoms with Crippen LogP contribution >= 0.6 is 0 Å². The maximum absolute atomic E-state index is 12.2. The smallest absolute Gasteiger partial charge is 0.242 e. The van der Waals surface area contributed by atoms with Gasteiger partial charge in [-0.25, -0.2) is 0 Å². The molecule has 0 unspecified atom stereocenters. The minimum absolute atomic E-state index is 0.163. The molecule has 7 nitrogen and oxygen atoms in total. The molecule has 20 heavy (non-hydrogen) atoms. The Morgan fingerprint density at radius 3 is 2.90 bits per heavy atom. The number of rotatable bonds is 3. The second-order valence-electron chi connectivity index (χ2n) is 5.48. The van der Waals surface area contributed by atoms with Crippen molar-refractivity contribution in [2.24, 2.45) is 5.92 Å². The number of fused-ring (bicyclic) bond motifs is 1. The largest absolute Gasteiger partial charge is 0.344 e. The zero-order valence-electron chi connectivity index (χ0n) is 11.7. The highest BCUT2D eigenvalue weighted by Gasteiger charge is 2.25. The van der Waals surface area contributed by atoms with Crippen molar-refractivity contribution in [1.29, 1.82) is 0 Å². The van der Waals surface area contributed by atoms with Crippen molar-refractivity contribution in [3.63, 3.8) is 0 Å². The van der Waals surface area contributed by atoms with E-state index in [9.17, 15) is 4.79 Å². The van der Waals surface area contributed by atoms with E-state index in [-0.39, 0.29) is 5.91 Å². The minimum Gasteiger partial charge on any atom is -0.344 e. The number of anilines is 1. The van der Waals surface area contributed by atoms with Crippen LogP contribution in [0.15, 0.2) is 18.5 Å². The van der Waals surface area contributed by atoms with Gasteiger partial charge in [-0.05, 0) is 18.1 Å². The molecule has 0 radical (unpaired) electrons. The van der Waals surface area contributed by atoms with E-state index in [0.29, 0.717) is 18.1 Å². The SMILES string of the molecule is CC(C)CN1CCN(c2ccc3nncn3n2)CC1=O. The Bertz CT molecular complexity index is 622. The maximum Gasteiger partial charge on any atom is 0.242 e. The average Bonchev–Trinajstić information content (AvgIpc) is 2.87. The molecule has 1 fully saturated rings. The third kappa shape index (κ3) is 2.43. The monoisotopic (exact) mass is 274 g/mol. The van der Waals surface area contributed by atoms with Crippen LogP contribution in [0.25, 0.3) is 5.65 Å². The van der Waals surface area contributed by atoms with Gasteiger partial charge in [0.05, 0.1) is 6.54 Å². The lowest BCUT2D eigenvalue weighted by Crippen LogP contribution is -2.51. The molecule has 1 saturated heterocycles. The van der Waals surface area contributed by atoms with Crippen LogP contribution in [-0.2, 0) is 4.79 Å². The fourth-order valence-electron chi connectivity index (χ4n) is 2.42. The number of carbonyl (C=O) groups is 1. The van der Waals surface area contributed by atoms with Crippen LogP contribution in [0.4, 0.5) is 5.82 Å². The van der Waals surface area contributed by atoms with Gasteiger partial charge >= 0.3 is 0 Å². The highest BCUT2D eigenvalue weighted by atomic mass is 16.2. The Morgan fingerprint density at radius 1 is 1.30 bits per heavy atom. The first kappa shape index (κ1) is 12.8. The van der Waals surface area contributed by atoms with Crippen molar-refractivity contribution in [3.05, 3.63) is 18.5 Å². The topological polar surface area (TPSA) is 66.6 Å². The van der Waals surface area contributed by atoms with Crippen LogP contribution in [0, 0.1) is 5.92 Å². The van der Waals surface area contributed by atoms with Gasteiger partial charge in [0.2, 0.25) is 5.91 Å². The summed E-state index contributed by atoms with van der Waals surface area (Å²) in [6.07, 6.45) is 1.57. The van der Waals surface area contributed by atoms with Crippen LogP contribution in [0.2, 0.25) is 0 Å². The van der Waals surface area contributed by atoms with E-state index in [4.69, 9.17) is 0 Å².